The van der Waals surface area contributed by atoms with E-state index in [-0.39, 0.29) is 11.8 Å². The lowest BCUT2D eigenvalue weighted by Gasteiger charge is -2.15. The summed E-state index contributed by atoms with van der Waals surface area (Å²) in [5, 5.41) is 0. The lowest BCUT2D eigenvalue weighted by Crippen LogP contribution is -2.28. The molecule has 3 N–H and O–H groups in total. The van der Waals surface area contributed by atoms with Gasteiger partial charge < -0.3 is 4.74 Å². The molecule has 1 heterocycles. The molecule has 8 heteroatoms. The lowest BCUT2D eigenvalue weighted by molar-refractivity contribution is -0.274. The lowest BCUT2D eigenvalue weighted by atomic mass is 10.1. The SMILES string of the molecule is NNC(Cc1ccc(OC(F)(F)F)cc1)c1ccc(Cl)s1. The smallest absolute Gasteiger partial charge is 0.406 e. The summed E-state index contributed by atoms with van der Waals surface area (Å²) in [4.78, 5) is 0.957. The first-order valence-electron chi connectivity index (χ1n) is 5.93. The van der Waals surface area contributed by atoms with Crippen LogP contribution >= 0.6 is 22.9 Å². The van der Waals surface area contributed by atoms with Crippen LogP contribution < -0.4 is 16.0 Å². The summed E-state index contributed by atoms with van der Waals surface area (Å²) in [5.41, 5.74) is 3.50. The van der Waals surface area contributed by atoms with E-state index in [2.05, 4.69) is 10.2 Å². The molecular weight excluding hydrogens is 325 g/mol. The van der Waals surface area contributed by atoms with Crippen molar-refractivity contribution < 1.29 is 17.9 Å². The number of hydrogen-bond donors (Lipinski definition) is 2. The number of thiophene rings is 1. The van der Waals surface area contributed by atoms with Crippen molar-refractivity contribution in [3.63, 3.8) is 0 Å². The van der Waals surface area contributed by atoms with Crippen molar-refractivity contribution in [2.45, 2.75) is 18.8 Å². The van der Waals surface area contributed by atoms with E-state index in [0.717, 1.165) is 10.4 Å². The Morgan fingerprint density at radius 2 is 1.86 bits per heavy atom. The zero-order chi connectivity index (χ0) is 15.5. The van der Waals surface area contributed by atoms with Crippen LogP contribution in [0.3, 0.4) is 0 Å². The van der Waals surface area contributed by atoms with E-state index in [9.17, 15) is 13.2 Å². The number of benzene rings is 1. The molecule has 21 heavy (non-hydrogen) atoms. The molecule has 0 aliphatic rings. The molecule has 1 unspecified atom stereocenters. The fraction of sp³-hybridized carbons (Fsp3) is 0.231. The number of nitrogens with two attached hydrogens (primary N) is 1. The maximum absolute atomic E-state index is 12.1. The van der Waals surface area contributed by atoms with E-state index < -0.39 is 6.36 Å². The van der Waals surface area contributed by atoms with Gasteiger partial charge >= 0.3 is 6.36 Å². The molecule has 1 atom stereocenters. The minimum atomic E-state index is -4.68. The van der Waals surface area contributed by atoms with Crippen molar-refractivity contribution in [1.29, 1.82) is 0 Å². The number of rotatable bonds is 5. The zero-order valence-corrected chi connectivity index (χ0v) is 12.2. The molecule has 0 radical (unpaired) electrons. The molecule has 0 saturated heterocycles. The molecule has 114 valence electrons. The van der Waals surface area contributed by atoms with Crippen LogP contribution in [0.1, 0.15) is 16.5 Å². The number of alkyl halides is 3. The molecule has 1 aromatic heterocycles. The third kappa shape index (κ3) is 4.89. The first kappa shape index (κ1) is 16.1. The first-order chi connectivity index (χ1) is 9.87. The van der Waals surface area contributed by atoms with Crippen molar-refractivity contribution in [3.8, 4) is 5.75 Å². The predicted octanol–water partition coefficient (Wildman–Crippen LogP) is 4.05. The van der Waals surface area contributed by atoms with E-state index in [1.165, 1.54) is 23.5 Å². The summed E-state index contributed by atoms with van der Waals surface area (Å²) in [7, 11) is 0. The quantitative estimate of drug-likeness (QED) is 0.639. The molecule has 0 amide bonds. The average Bonchev–Trinajstić information content (AvgIpc) is 2.82. The van der Waals surface area contributed by atoms with Crippen LogP contribution in [0, 0.1) is 0 Å². The molecule has 3 nitrogen and oxygen atoms in total. The van der Waals surface area contributed by atoms with Gasteiger partial charge in [-0.2, -0.15) is 0 Å². The first-order valence-corrected chi connectivity index (χ1v) is 7.13. The molecular formula is C13H12ClF3N2OS. The molecule has 0 aliphatic heterocycles. The minimum Gasteiger partial charge on any atom is -0.406 e. The summed E-state index contributed by atoms with van der Waals surface area (Å²) in [6.07, 6.45) is -4.16. The highest BCUT2D eigenvalue weighted by molar-refractivity contribution is 7.16. The standard InChI is InChI=1S/C13H12ClF3N2OS/c14-12-6-5-11(21-12)10(19-18)7-8-1-3-9(4-2-8)20-13(15,16)17/h1-6,10,19H,7,18H2. The van der Waals surface area contributed by atoms with Gasteiger partial charge in [0.1, 0.15) is 5.75 Å². The Kier molecular flexibility index (Phi) is 5.10. The largest absolute Gasteiger partial charge is 0.573 e. The number of ether oxygens (including phenoxy) is 1. The monoisotopic (exact) mass is 336 g/mol. The molecule has 1 aromatic carbocycles. The highest BCUT2D eigenvalue weighted by Crippen LogP contribution is 2.29. The van der Waals surface area contributed by atoms with Crippen molar-refractivity contribution >= 4 is 22.9 Å². The number of halogens is 4. The summed E-state index contributed by atoms with van der Waals surface area (Å²) >= 11 is 7.27. The van der Waals surface area contributed by atoms with Gasteiger partial charge in [0.25, 0.3) is 0 Å². The van der Waals surface area contributed by atoms with Crippen LogP contribution in [-0.2, 0) is 6.42 Å². The van der Waals surface area contributed by atoms with E-state index in [1.807, 2.05) is 6.07 Å². The van der Waals surface area contributed by atoms with E-state index in [0.29, 0.717) is 10.8 Å². The van der Waals surface area contributed by atoms with Crippen molar-refractivity contribution in [1.82, 2.24) is 5.43 Å². The van der Waals surface area contributed by atoms with Gasteiger partial charge in [0.2, 0.25) is 0 Å². The maximum atomic E-state index is 12.1. The van der Waals surface area contributed by atoms with E-state index in [4.69, 9.17) is 17.4 Å². The summed E-state index contributed by atoms with van der Waals surface area (Å²) in [6.45, 7) is 0. The molecule has 0 aliphatic carbocycles. The highest BCUT2D eigenvalue weighted by atomic mass is 35.5. The molecule has 0 fully saturated rings. The van der Waals surface area contributed by atoms with Gasteiger partial charge in [-0.15, -0.1) is 24.5 Å². The number of nitrogens with one attached hydrogen (secondary N) is 1. The Morgan fingerprint density at radius 3 is 2.33 bits per heavy atom. The molecule has 0 saturated carbocycles. The number of hydrogen-bond acceptors (Lipinski definition) is 4. The van der Waals surface area contributed by atoms with Crippen LogP contribution in [0.2, 0.25) is 4.34 Å². The van der Waals surface area contributed by atoms with Crippen LogP contribution in [0.4, 0.5) is 13.2 Å². The molecule has 0 spiro atoms. The summed E-state index contributed by atoms with van der Waals surface area (Å²) < 4.78 is 40.7. The zero-order valence-electron chi connectivity index (χ0n) is 10.7. The Hall–Kier alpha value is -1.28. The topological polar surface area (TPSA) is 47.3 Å². The predicted molar refractivity (Wildman–Crippen MR) is 76.2 cm³/mol. The normalized spacial score (nSPS) is 13.2. The van der Waals surface area contributed by atoms with Crippen LogP contribution in [-0.4, -0.2) is 6.36 Å². The van der Waals surface area contributed by atoms with Crippen LogP contribution in [0.5, 0.6) is 5.75 Å². The Morgan fingerprint density at radius 1 is 1.19 bits per heavy atom. The third-order valence-electron chi connectivity index (χ3n) is 2.74. The highest BCUT2D eigenvalue weighted by Gasteiger charge is 2.30. The van der Waals surface area contributed by atoms with Crippen molar-refractivity contribution in [2.24, 2.45) is 5.84 Å². The summed E-state index contributed by atoms with van der Waals surface area (Å²) in [5.74, 6) is 5.27. The Balaban J connectivity index is 2.05. The van der Waals surface area contributed by atoms with Gasteiger partial charge in [0, 0.05) is 4.88 Å². The molecule has 2 rings (SSSR count). The third-order valence-corrected chi connectivity index (χ3v) is 4.08. The second-order valence-electron chi connectivity index (χ2n) is 4.26. The minimum absolute atomic E-state index is 0.156. The maximum Gasteiger partial charge on any atom is 0.573 e. The fourth-order valence-electron chi connectivity index (χ4n) is 1.82. The van der Waals surface area contributed by atoms with Gasteiger partial charge in [-0.25, -0.2) is 0 Å². The van der Waals surface area contributed by atoms with E-state index in [1.54, 1.807) is 18.2 Å². The second-order valence-corrected chi connectivity index (χ2v) is 6.00. The van der Waals surface area contributed by atoms with Crippen molar-refractivity contribution in [2.75, 3.05) is 0 Å². The van der Waals surface area contributed by atoms with Gasteiger partial charge in [-0.05, 0) is 36.2 Å². The van der Waals surface area contributed by atoms with Crippen molar-refractivity contribution in [3.05, 3.63) is 51.2 Å². The van der Waals surface area contributed by atoms with Crippen LogP contribution in [0.15, 0.2) is 36.4 Å². The second kappa shape index (κ2) is 6.65. The van der Waals surface area contributed by atoms with Gasteiger partial charge in [0.15, 0.2) is 0 Å². The van der Waals surface area contributed by atoms with Crippen LogP contribution in [0.25, 0.3) is 0 Å². The fourth-order valence-corrected chi connectivity index (χ4v) is 2.94. The Labute approximate surface area is 128 Å². The average molecular weight is 337 g/mol. The summed E-state index contributed by atoms with van der Waals surface area (Å²) in [6, 6.07) is 9.17. The van der Waals surface area contributed by atoms with Gasteiger partial charge in [-0.3, -0.25) is 11.3 Å². The molecule has 2 aromatic rings. The van der Waals surface area contributed by atoms with Gasteiger partial charge in [0.05, 0.1) is 10.4 Å². The Bertz CT molecular complexity index is 586. The molecule has 0 bridgehead atoms. The van der Waals surface area contributed by atoms with Gasteiger partial charge in [-0.1, -0.05) is 23.7 Å². The van der Waals surface area contributed by atoms with E-state index >= 15 is 0 Å². The number of hydrazine groups is 1.